The largest absolute Gasteiger partial charge is 0.465 e. The minimum Gasteiger partial charge on any atom is -0.465 e. The molecule has 1 amide bonds. The fraction of sp³-hybridized carbons (Fsp3) is 0.583. The van der Waals surface area contributed by atoms with Crippen molar-refractivity contribution < 1.29 is 9.90 Å². The van der Waals surface area contributed by atoms with Gasteiger partial charge in [-0.05, 0) is 36.8 Å². The van der Waals surface area contributed by atoms with E-state index >= 15 is 0 Å². The van der Waals surface area contributed by atoms with E-state index in [1.165, 1.54) is 4.90 Å². The summed E-state index contributed by atoms with van der Waals surface area (Å²) in [5.41, 5.74) is 0. The van der Waals surface area contributed by atoms with E-state index in [1.54, 1.807) is 6.07 Å². The second-order valence-corrected chi connectivity index (χ2v) is 5.65. The Morgan fingerprint density at radius 2 is 2.00 bits per heavy atom. The molecule has 1 saturated heterocycles. The molecule has 19 heavy (non-hydrogen) atoms. The van der Waals surface area contributed by atoms with Crippen LogP contribution in [0.5, 0.6) is 0 Å². The number of carbonyl (C=O) groups is 1. The number of nitrogens with one attached hydrogen (secondary N) is 1. The Kier molecular flexibility index (Phi) is 3.18. The SMILES string of the molecule is O=C(O)N1CC2CC(Nc3ccc(Cl)nn3)CC2C1. The summed E-state index contributed by atoms with van der Waals surface area (Å²) >= 11 is 5.69. The van der Waals surface area contributed by atoms with E-state index in [2.05, 4.69) is 15.5 Å². The van der Waals surface area contributed by atoms with Gasteiger partial charge in [0, 0.05) is 19.1 Å². The summed E-state index contributed by atoms with van der Waals surface area (Å²) in [5.74, 6) is 1.66. The number of hydrogen-bond acceptors (Lipinski definition) is 4. The molecule has 0 radical (unpaired) electrons. The fourth-order valence-corrected chi connectivity index (χ4v) is 3.28. The normalized spacial score (nSPS) is 29.3. The third kappa shape index (κ3) is 2.58. The summed E-state index contributed by atoms with van der Waals surface area (Å²) in [6.07, 6.45) is 1.17. The average Bonchev–Trinajstić information content (AvgIpc) is 2.90. The monoisotopic (exact) mass is 282 g/mol. The maximum atomic E-state index is 10.9. The van der Waals surface area contributed by atoms with Crippen LogP contribution >= 0.6 is 11.6 Å². The van der Waals surface area contributed by atoms with Crippen molar-refractivity contribution in [2.45, 2.75) is 18.9 Å². The Balaban J connectivity index is 1.57. The highest BCUT2D eigenvalue weighted by atomic mass is 35.5. The van der Waals surface area contributed by atoms with E-state index in [0.29, 0.717) is 36.1 Å². The van der Waals surface area contributed by atoms with Crippen molar-refractivity contribution in [1.82, 2.24) is 15.1 Å². The highest BCUT2D eigenvalue weighted by Crippen LogP contribution is 2.39. The van der Waals surface area contributed by atoms with Crippen molar-refractivity contribution in [3.05, 3.63) is 17.3 Å². The topological polar surface area (TPSA) is 78.4 Å². The van der Waals surface area contributed by atoms with Crippen molar-refractivity contribution >= 4 is 23.5 Å². The Morgan fingerprint density at radius 3 is 2.53 bits per heavy atom. The van der Waals surface area contributed by atoms with E-state index < -0.39 is 6.09 Å². The van der Waals surface area contributed by atoms with Crippen LogP contribution in [-0.2, 0) is 0 Å². The van der Waals surface area contributed by atoms with Crippen LogP contribution in [0.15, 0.2) is 12.1 Å². The molecule has 2 N–H and O–H groups in total. The molecule has 1 aromatic rings. The number of likely N-dealkylation sites (tertiary alicyclic amines) is 1. The van der Waals surface area contributed by atoms with Crippen LogP contribution in [0, 0.1) is 11.8 Å². The maximum absolute atomic E-state index is 10.9. The molecule has 2 unspecified atom stereocenters. The van der Waals surface area contributed by atoms with Gasteiger partial charge in [0.05, 0.1) is 0 Å². The van der Waals surface area contributed by atoms with E-state index in [4.69, 9.17) is 16.7 Å². The number of nitrogens with zero attached hydrogens (tertiary/aromatic N) is 3. The van der Waals surface area contributed by atoms with Gasteiger partial charge in [-0.25, -0.2) is 4.79 Å². The fourth-order valence-electron chi connectivity index (χ4n) is 3.18. The highest BCUT2D eigenvalue weighted by Gasteiger charge is 2.42. The van der Waals surface area contributed by atoms with Gasteiger partial charge in [0.15, 0.2) is 5.15 Å². The Morgan fingerprint density at radius 1 is 1.32 bits per heavy atom. The minimum atomic E-state index is -0.803. The van der Waals surface area contributed by atoms with Crippen LogP contribution in [0.3, 0.4) is 0 Å². The van der Waals surface area contributed by atoms with Gasteiger partial charge in [-0.1, -0.05) is 11.6 Å². The van der Waals surface area contributed by atoms with Gasteiger partial charge < -0.3 is 15.3 Å². The molecule has 0 spiro atoms. The van der Waals surface area contributed by atoms with Gasteiger partial charge in [-0.15, -0.1) is 10.2 Å². The molecule has 3 rings (SSSR count). The first kappa shape index (κ1) is 12.5. The minimum absolute atomic E-state index is 0.349. The second-order valence-electron chi connectivity index (χ2n) is 5.26. The van der Waals surface area contributed by atoms with Crippen molar-refractivity contribution in [1.29, 1.82) is 0 Å². The number of fused-ring (bicyclic) bond motifs is 1. The number of rotatable bonds is 2. The summed E-state index contributed by atoms with van der Waals surface area (Å²) in [6, 6.07) is 3.87. The van der Waals surface area contributed by atoms with Gasteiger partial charge in [-0.3, -0.25) is 0 Å². The van der Waals surface area contributed by atoms with Crippen LogP contribution in [0.4, 0.5) is 10.6 Å². The van der Waals surface area contributed by atoms with Gasteiger partial charge in [0.2, 0.25) is 0 Å². The molecule has 1 saturated carbocycles. The second kappa shape index (κ2) is 4.85. The van der Waals surface area contributed by atoms with E-state index in [-0.39, 0.29) is 0 Å². The smallest absolute Gasteiger partial charge is 0.407 e. The number of aromatic nitrogens is 2. The Bertz CT molecular complexity index is 467. The lowest BCUT2D eigenvalue weighted by atomic mass is 10.0. The quantitative estimate of drug-likeness (QED) is 0.866. The molecule has 102 valence electrons. The lowest BCUT2D eigenvalue weighted by Crippen LogP contribution is -2.29. The van der Waals surface area contributed by atoms with E-state index in [1.807, 2.05) is 6.07 Å². The summed E-state index contributed by atoms with van der Waals surface area (Å²) in [7, 11) is 0. The number of amides is 1. The molecule has 1 aliphatic carbocycles. The number of hydrogen-bond donors (Lipinski definition) is 2. The third-order valence-corrected chi connectivity index (χ3v) is 4.21. The third-order valence-electron chi connectivity index (χ3n) is 4.01. The van der Waals surface area contributed by atoms with Gasteiger partial charge >= 0.3 is 6.09 Å². The molecule has 6 nitrogen and oxygen atoms in total. The molecule has 0 aromatic carbocycles. The molecule has 0 bridgehead atoms. The van der Waals surface area contributed by atoms with Crippen molar-refractivity contribution in [3.8, 4) is 0 Å². The molecular formula is C12H15ClN4O2. The van der Waals surface area contributed by atoms with Crippen LogP contribution in [0.1, 0.15) is 12.8 Å². The first-order chi connectivity index (χ1) is 9.11. The van der Waals surface area contributed by atoms with Crippen LogP contribution in [0.25, 0.3) is 0 Å². The van der Waals surface area contributed by atoms with Crippen LogP contribution in [0.2, 0.25) is 5.15 Å². The van der Waals surface area contributed by atoms with Gasteiger partial charge in [0.1, 0.15) is 5.82 Å². The first-order valence-electron chi connectivity index (χ1n) is 6.35. The molecule has 7 heteroatoms. The predicted octanol–water partition coefficient (Wildman–Crippen LogP) is 1.93. The van der Waals surface area contributed by atoms with E-state index in [9.17, 15) is 4.79 Å². The van der Waals surface area contributed by atoms with Crippen molar-refractivity contribution in [2.75, 3.05) is 18.4 Å². The summed E-state index contributed by atoms with van der Waals surface area (Å²) in [4.78, 5) is 12.4. The maximum Gasteiger partial charge on any atom is 0.407 e. The van der Waals surface area contributed by atoms with Crippen LogP contribution < -0.4 is 5.32 Å². The molecule has 2 heterocycles. The van der Waals surface area contributed by atoms with Crippen molar-refractivity contribution in [2.24, 2.45) is 11.8 Å². The van der Waals surface area contributed by atoms with Crippen molar-refractivity contribution in [3.63, 3.8) is 0 Å². The first-order valence-corrected chi connectivity index (χ1v) is 6.73. The zero-order chi connectivity index (χ0) is 13.4. The molecule has 1 aromatic heterocycles. The van der Waals surface area contributed by atoms with E-state index in [0.717, 1.165) is 18.7 Å². The number of halogens is 1. The average molecular weight is 283 g/mol. The summed E-state index contributed by atoms with van der Waals surface area (Å²) in [5, 5.41) is 20.5. The highest BCUT2D eigenvalue weighted by molar-refractivity contribution is 6.29. The Hall–Kier alpha value is -1.56. The molecule has 2 aliphatic rings. The van der Waals surface area contributed by atoms with Crippen LogP contribution in [-0.4, -0.2) is 45.4 Å². The lowest BCUT2D eigenvalue weighted by molar-refractivity contribution is 0.152. The molecule has 1 aliphatic heterocycles. The van der Waals surface area contributed by atoms with Gasteiger partial charge in [-0.2, -0.15) is 0 Å². The zero-order valence-electron chi connectivity index (χ0n) is 10.3. The molecular weight excluding hydrogens is 268 g/mol. The lowest BCUT2D eigenvalue weighted by Gasteiger charge is -2.17. The van der Waals surface area contributed by atoms with Gasteiger partial charge in [0.25, 0.3) is 0 Å². The standard InChI is InChI=1S/C12H15ClN4O2/c13-10-1-2-11(16-15-10)14-9-3-7-5-17(12(18)19)6-8(7)4-9/h1-2,7-9H,3-6H2,(H,14,16)(H,18,19). The molecule has 2 atom stereocenters. The Labute approximate surface area is 115 Å². The summed E-state index contributed by atoms with van der Waals surface area (Å²) in [6.45, 7) is 1.31. The number of carboxylic acid groups (broad SMARTS) is 1. The zero-order valence-corrected chi connectivity index (χ0v) is 11.0. The molecule has 2 fully saturated rings. The predicted molar refractivity (Wildman–Crippen MR) is 70.3 cm³/mol. The summed E-state index contributed by atoms with van der Waals surface area (Å²) < 4.78 is 0. The number of anilines is 1.